The van der Waals surface area contributed by atoms with Crippen LogP contribution in [0.3, 0.4) is 0 Å². The SMILES string of the molecule is NC1CCN(c2cn[nH]c2C2CCC2)CC1. The Balaban J connectivity index is 1.75. The van der Waals surface area contributed by atoms with Gasteiger partial charge in [0, 0.05) is 25.0 Å². The van der Waals surface area contributed by atoms with Gasteiger partial charge in [-0.1, -0.05) is 6.42 Å². The lowest BCUT2D eigenvalue weighted by molar-refractivity contribution is 0.409. The molecule has 1 aliphatic heterocycles. The molecule has 3 N–H and O–H groups in total. The van der Waals surface area contributed by atoms with Crippen molar-refractivity contribution >= 4 is 5.69 Å². The highest BCUT2D eigenvalue weighted by atomic mass is 15.2. The first kappa shape index (κ1) is 10.1. The molecule has 2 fully saturated rings. The third kappa shape index (κ3) is 1.71. The van der Waals surface area contributed by atoms with Crippen LogP contribution in [0.4, 0.5) is 5.69 Å². The van der Waals surface area contributed by atoms with Crippen LogP contribution in [0, 0.1) is 0 Å². The van der Waals surface area contributed by atoms with E-state index in [1.807, 2.05) is 6.20 Å². The van der Waals surface area contributed by atoms with E-state index in [0.717, 1.165) is 31.8 Å². The fourth-order valence-electron chi connectivity index (χ4n) is 2.68. The number of aromatic nitrogens is 2. The molecule has 0 radical (unpaired) electrons. The molecule has 4 nitrogen and oxygen atoms in total. The van der Waals surface area contributed by atoms with Gasteiger partial charge in [0.2, 0.25) is 0 Å². The van der Waals surface area contributed by atoms with E-state index in [1.54, 1.807) is 0 Å². The number of aromatic amines is 1. The van der Waals surface area contributed by atoms with Crippen LogP contribution in [-0.4, -0.2) is 29.3 Å². The van der Waals surface area contributed by atoms with Crippen LogP contribution in [0.5, 0.6) is 0 Å². The molecule has 88 valence electrons. The molecule has 0 bridgehead atoms. The number of nitrogens with one attached hydrogen (secondary N) is 1. The van der Waals surface area contributed by atoms with Crippen molar-refractivity contribution in [1.29, 1.82) is 0 Å². The van der Waals surface area contributed by atoms with E-state index < -0.39 is 0 Å². The predicted molar refractivity (Wildman–Crippen MR) is 64.6 cm³/mol. The lowest BCUT2D eigenvalue weighted by Crippen LogP contribution is -2.40. The molecule has 1 saturated heterocycles. The number of nitrogens with zero attached hydrogens (tertiary/aromatic N) is 2. The topological polar surface area (TPSA) is 57.9 Å². The van der Waals surface area contributed by atoms with E-state index in [9.17, 15) is 0 Å². The molecule has 0 atom stereocenters. The van der Waals surface area contributed by atoms with Gasteiger partial charge in [-0.3, -0.25) is 5.10 Å². The Morgan fingerprint density at radius 3 is 2.62 bits per heavy atom. The van der Waals surface area contributed by atoms with Gasteiger partial charge in [-0.05, 0) is 25.7 Å². The summed E-state index contributed by atoms with van der Waals surface area (Å²) in [4.78, 5) is 2.44. The van der Waals surface area contributed by atoms with Gasteiger partial charge in [0.15, 0.2) is 0 Å². The number of rotatable bonds is 2. The maximum atomic E-state index is 5.94. The summed E-state index contributed by atoms with van der Waals surface area (Å²) in [6.45, 7) is 2.17. The summed E-state index contributed by atoms with van der Waals surface area (Å²) < 4.78 is 0. The largest absolute Gasteiger partial charge is 0.369 e. The highest BCUT2D eigenvalue weighted by Crippen LogP contribution is 2.40. The summed E-state index contributed by atoms with van der Waals surface area (Å²) in [7, 11) is 0. The van der Waals surface area contributed by atoms with Gasteiger partial charge < -0.3 is 10.6 Å². The van der Waals surface area contributed by atoms with E-state index in [2.05, 4.69) is 15.1 Å². The molecule has 16 heavy (non-hydrogen) atoms. The molecule has 1 aromatic heterocycles. The van der Waals surface area contributed by atoms with Crippen LogP contribution in [0.15, 0.2) is 6.20 Å². The minimum absolute atomic E-state index is 0.398. The van der Waals surface area contributed by atoms with Crippen LogP contribution < -0.4 is 10.6 Å². The van der Waals surface area contributed by atoms with Crippen molar-refractivity contribution in [3.63, 3.8) is 0 Å². The van der Waals surface area contributed by atoms with E-state index in [4.69, 9.17) is 5.73 Å². The molecule has 0 unspecified atom stereocenters. The summed E-state index contributed by atoms with van der Waals surface area (Å²) >= 11 is 0. The van der Waals surface area contributed by atoms with E-state index in [-0.39, 0.29) is 0 Å². The van der Waals surface area contributed by atoms with Crippen molar-refractivity contribution in [3.8, 4) is 0 Å². The molecule has 1 aromatic rings. The number of hydrogen-bond acceptors (Lipinski definition) is 3. The van der Waals surface area contributed by atoms with Crippen molar-refractivity contribution in [3.05, 3.63) is 11.9 Å². The number of hydrogen-bond donors (Lipinski definition) is 2. The fraction of sp³-hybridized carbons (Fsp3) is 0.750. The minimum Gasteiger partial charge on any atom is -0.369 e. The van der Waals surface area contributed by atoms with Crippen molar-refractivity contribution in [2.45, 2.75) is 44.1 Å². The molecule has 0 aromatic carbocycles. The lowest BCUT2D eigenvalue weighted by Gasteiger charge is -2.34. The normalized spacial score (nSPS) is 23.4. The first-order valence-electron chi connectivity index (χ1n) is 6.38. The lowest BCUT2D eigenvalue weighted by atomic mass is 9.82. The second kappa shape index (κ2) is 4.09. The Bertz CT molecular complexity index is 348. The fourth-order valence-corrected chi connectivity index (χ4v) is 2.68. The van der Waals surface area contributed by atoms with Gasteiger partial charge in [-0.15, -0.1) is 0 Å². The van der Waals surface area contributed by atoms with Crippen LogP contribution in [0.1, 0.15) is 43.7 Å². The number of anilines is 1. The quantitative estimate of drug-likeness (QED) is 0.796. The molecule has 2 aliphatic rings. The highest BCUT2D eigenvalue weighted by molar-refractivity contribution is 5.51. The van der Waals surface area contributed by atoms with Gasteiger partial charge in [0.1, 0.15) is 0 Å². The molecular formula is C12H20N4. The van der Waals surface area contributed by atoms with E-state index in [1.165, 1.54) is 30.6 Å². The van der Waals surface area contributed by atoms with Crippen molar-refractivity contribution in [2.75, 3.05) is 18.0 Å². The Morgan fingerprint density at radius 2 is 2.00 bits per heavy atom. The highest BCUT2D eigenvalue weighted by Gasteiger charge is 2.27. The molecule has 3 rings (SSSR count). The zero-order valence-electron chi connectivity index (χ0n) is 9.65. The summed E-state index contributed by atoms with van der Waals surface area (Å²) in [5.41, 5.74) is 8.63. The second-order valence-corrected chi connectivity index (χ2v) is 5.12. The summed E-state index contributed by atoms with van der Waals surface area (Å²) in [6.07, 6.45) is 8.22. The Hall–Kier alpha value is -1.03. The van der Waals surface area contributed by atoms with Crippen LogP contribution in [-0.2, 0) is 0 Å². The van der Waals surface area contributed by atoms with Crippen molar-refractivity contribution in [1.82, 2.24) is 10.2 Å². The average molecular weight is 220 g/mol. The molecule has 1 saturated carbocycles. The second-order valence-electron chi connectivity index (χ2n) is 5.12. The maximum Gasteiger partial charge on any atom is 0.0785 e. The zero-order valence-corrected chi connectivity index (χ0v) is 9.65. The number of piperidine rings is 1. The smallest absolute Gasteiger partial charge is 0.0785 e. The number of nitrogens with two attached hydrogens (primary N) is 1. The third-order valence-corrected chi connectivity index (χ3v) is 4.04. The molecule has 1 aliphatic carbocycles. The standard InChI is InChI=1S/C12H20N4/c13-10-4-6-16(7-5-10)11-8-14-15-12(11)9-2-1-3-9/h8-10H,1-7,13H2,(H,14,15). The van der Waals surface area contributed by atoms with Gasteiger partial charge >= 0.3 is 0 Å². The monoisotopic (exact) mass is 220 g/mol. The van der Waals surface area contributed by atoms with Gasteiger partial charge in [-0.25, -0.2) is 0 Å². The third-order valence-electron chi connectivity index (χ3n) is 4.04. The van der Waals surface area contributed by atoms with Gasteiger partial charge in [-0.2, -0.15) is 5.10 Å². The van der Waals surface area contributed by atoms with Crippen LogP contribution >= 0.6 is 0 Å². The van der Waals surface area contributed by atoms with Gasteiger partial charge in [0.05, 0.1) is 17.6 Å². The maximum absolute atomic E-state index is 5.94. The molecule has 4 heteroatoms. The average Bonchev–Trinajstić information content (AvgIpc) is 2.65. The summed E-state index contributed by atoms with van der Waals surface area (Å²) in [6, 6.07) is 0.398. The van der Waals surface area contributed by atoms with Crippen molar-refractivity contribution < 1.29 is 0 Å². The molecule has 2 heterocycles. The Morgan fingerprint density at radius 1 is 1.25 bits per heavy atom. The number of H-pyrrole nitrogens is 1. The van der Waals surface area contributed by atoms with E-state index in [0.29, 0.717) is 6.04 Å². The van der Waals surface area contributed by atoms with E-state index >= 15 is 0 Å². The first-order valence-corrected chi connectivity index (χ1v) is 6.38. The first-order chi connectivity index (χ1) is 7.84. The van der Waals surface area contributed by atoms with Gasteiger partial charge in [0.25, 0.3) is 0 Å². The summed E-state index contributed by atoms with van der Waals surface area (Å²) in [5.74, 6) is 0.730. The van der Waals surface area contributed by atoms with Crippen molar-refractivity contribution in [2.24, 2.45) is 5.73 Å². The van der Waals surface area contributed by atoms with Crippen LogP contribution in [0.2, 0.25) is 0 Å². The zero-order chi connectivity index (χ0) is 11.0. The predicted octanol–water partition coefficient (Wildman–Crippen LogP) is 1.60. The molecular weight excluding hydrogens is 200 g/mol. The molecule has 0 spiro atoms. The Kier molecular flexibility index (Phi) is 2.59. The minimum atomic E-state index is 0.398. The molecule has 0 amide bonds. The Labute approximate surface area is 96.2 Å². The van der Waals surface area contributed by atoms with Crippen LogP contribution in [0.25, 0.3) is 0 Å². The summed E-state index contributed by atoms with van der Waals surface area (Å²) in [5, 5.41) is 7.41.